The normalized spacial score (nSPS) is 36.6. The Bertz CT molecular complexity index is 673. The smallest absolute Gasteiger partial charge is 0.308 e. The number of ether oxygens (including phenoxy) is 2. The molecule has 1 heterocycles. The Morgan fingerprint density at radius 3 is 2.70 bits per heavy atom. The van der Waals surface area contributed by atoms with Crippen LogP contribution in [0.4, 0.5) is 0 Å². The van der Waals surface area contributed by atoms with Gasteiger partial charge in [0.15, 0.2) is 0 Å². The number of fused-ring (bicyclic) bond motifs is 1. The maximum Gasteiger partial charge on any atom is 0.308 e. The van der Waals surface area contributed by atoms with Gasteiger partial charge in [0.1, 0.15) is 12.2 Å². The standard InChI is InChI=1S/C24H36O5.HI/c1-5-15(3)24(27)29-21-11-14(2)10-17-7-6-16(4)20(23(17)21)9-8-19-12-18(25)13-22(26)28-19;/h6-7,10,14-16,18-21,23,25H,5,8-9,11-13H2,1-4H3;1H/t14-,15-,16-,18+,19+,20-,21-,23-;/m0./s1. The molecule has 1 N–H and O–H groups in total. The SMILES string of the molecule is CC[C@H](C)C(=O)O[C@H]1C[C@@H](C)C=C2C=C[C@H](C)[C@H](CC[C@@H]3C[C@@H](O)CC(=O)O3)[C@H]21.I. The van der Waals surface area contributed by atoms with E-state index in [9.17, 15) is 14.7 Å². The van der Waals surface area contributed by atoms with Crippen LogP contribution in [0.15, 0.2) is 23.8 Å². The van der Waals surface area contributed by atoms with E-state index in [0.717, 1.165) is 25.7 Å². The molecule has 0 aromatic heterocycles. The van der Waals surface area contributed by atoms with Gasteiger partial charge in [0, 0.05) is 12.3 Å². The van der Waals surface area contributed by atoms with Gasteiger partial charge in [-0.05, 0) is 49.0 Å². The second-order valence-electron chi connectivity index (χ2n) is 9.36. The predicted octanol–water partition coefficient (Wildman–Crippen LogP) is 4.81. The number of esters is 2. The number of hydrogen-bond donors (Lipinski definition) is 1. The molecule has 2 aliphatic carbocycles. The van der Waals surface area contributed by atoms with Crippen molar-refractivity contribution in [3.63, 3.8) is 0 Å². The van der Waals surface area contributed by atoms with E-state index >= 15 is 0 Å². The molecule has 8 atom stereocenters. The van der Waals surface area contributed by atoms with E-state index in [4.69, 9.17) is 9.47 Å². The third-order valence-electron chi connectivity index (χ3n) is 6.93. The number of carbonyl (C=O) groups excluding carboxylic acids is 2. The molecule has 0 unspecified atom stereocenters. The van der Waals surface area contributed by atoms with Crippen molar-refractivity contribution in [1.29, 1.82) is 0 Å². The molecule has 0 bridgehead atoms. The first kappa shape index (κ1) is 25.4. The van der Waals surface area contributed by atoms with Crippen LogP contribution in [0.2, 0.25) is 0 Å². The van der Waals surface area contributed by atoms with E-state index in [1.54, 1.807) is 0 Å². The Balaban J connectivity index is 0.00000320. The third kappa shape index (κ3) is 6.09. The first-order valence-electron chi connectivity index (χ1n) is 11.3. The summed E-state index contributed by atoms with van der Waals surface area (Å²) in [6.07, 6.45) is 9.70. The highest BCUT2D eigenvalue weighted by atomic mass is 127. The van der Waals surface area contributed by atoms with Crippen molar-refractivity contribution >= 4 is 35.9 Å². The van der Waals surface area contributed by atoms with E-state index in [1.165, 1.54) is 5.57 Å². The fraction of sp³-hybridized carbons (Fsp3) is 0.750. The number of allylic oxidation sites excluding steroid dienone is 3. The zero-order valence-corrected chi connectivity index (χ0v) is 20.9. The van der Waals surface area contributed by atoms with Gasteiger partial charge in [0.05, 0.1) is 18.4 Å². The van der Waals surface area contributed by atoms with E-state index in [1.807, 2.05) is 13.8 Å². The molecule has 170 valence electrons. The lowest BCUT2D eigenvalue weighted by molar-refractivity contribution is -0.162. The van der Waals surface area contributed by atoms with E-state index in [0.29, 0.717) is 24.2 Å². The van der Waals surface area contributed by atoms with E-state index < -0.39 is 6.10 Å². The number of rotatable bonds is 6. The molecule has 1 saturated heterocycles. The van der Waals surface area contributed by atoms with Gasteiger partial charge in [-0.25, -0.2) is 0 Å². The summed E-state index contributed by atoms with van der Waals surface area (Å²) in [5.41, 5.74) is 1.27. The van der Waals surface area contributed by atoms with Crippen LogP contribution < -0.4 is 0 Å². The summed E-state index contributed by atoms with van der Waals surface area (Å²) in [7, 11) is 0. The first-order valence-corrected chi connectivity index (χ1v) is 11.3. The molecule has 3 aliphatic rings. The summed E-state index contributed by atoms with van der Waals surface area (Å²) in [6, 6.07) is 0. The van der Waals surface area contributed by atoms with E-state index in [2.05, 4.69) is 32.1 Å². The monoisotopic (exact) mass is 532 g/mol. The van der Waals surface area contributed by atoms with Gasteiger partial charge in [-0.2, -0.15) is 0 Å². The molecule has 0 radical (unpaired) electrons. The highest BCUT2D eigenvalue weighted by Gasteiger charge is 2.42. The number of halogens is 1. The number of cyclic esters (lactones) is 1. The van der Waals surface area contributed by atoms with Crippen LogP contribution >= 0.6 is 24.0 Å². The molecule has 30 heavy (non-hydrogen) atoms. The molecule has 5 nitrogen and oxygen atoms in total. The molecule has 0 aromatic carbocycles. The van der Waals surface area contributed by atoms with Crippen molar-refractivity contribution in [2.45, 2.75) is 84.5 Å². The van der Waals surface area contributed by atoms with Gasteiger partial charge < -0.3 is 14.6 Å². The van der Waals surface area contributed by atoms with Crippen LogP contribution in [-0.2, 0) is 19.1 Å². The Morgan fingerprint density at radius 1 is 1.30 bits per heavy atom. The van der Waals surface area contributed by atoms with Crippen molar-refractivity contribution < 1.29 is 24.2 Å². The van der Waals surface area contributed by atoms with Crippen LogP contribution in [0.1, 0.15) is 66.2 Å². The second-order valence-corrected chi connectivity index (χ2v) is 9.36. The molecule has 0 spiro atoms. The largest absolute Gasteiger partial charge is 0.462 e. The second kappa shape index (κ2) is 11.1. The fourth-order valence-electron chi connectivity index (χ4n) is 5.07. The quantitative estimate of drug-likeness (QED) is 0.393. The summed E-state index contributed by atoms with van der Waals surface area (Å²) in [5.74, 6) is 0.755. The first-order chi connectivity index (χ1) is 13.8. The summed E-state index contributed by atoms with van der Waals surface area (Å²) in [4.78, 5) is 24.2. The molecular weight excluding hydrogens is 495 g/mol. The lowest BCUT2D eigenvalue weighted by atomic mass is 9.65. The van der Waals surface area contributed by atoms with E-state index in [-0.39, 0.29) is 66.4 Å². The highest BCUT2D eigenvalue weighted by Crippen LogP contribution is 2.45. The van der Waals surface area contributed by atoms with Crippen LogP contribution in [-0.4, -0.2) is 35.4 Å². The maximum absolute atomic E-state index is 12.5. The van der Waals surface area contributed by atoms with Gasteiger partial charge in [-0.3, -0.25) is 9.59 Å². The van der Waals surface area contributed by atoms with Gasteiger partial charge in [-0.1, -0.05) is 45.9 Å². The molecule has 0 saturated carbocycles. The zero-order valence-electron chi connectivity index (χ0n) is 18.6. The number of carbonyl (C=O) groups is 2. The molecule has 0 amide bonds. The van der Waals surface area contributed by atoms with Crippen LogP contribution in [0.3, 0.4) is 0 Å². The zero-order chi connectivity index (χ0) is 21.1. The van der Waals surface area contributed by atoms with Crippen molar-refractivity contribution in [3.8, 4) is 0 Å². The van der Waals surface area contributed by atoms with Gasteiger partial charge in [0.25, 0.3) is 0 Å². The minimum Gasteiger partial charge on any atom is -0.462 e. The van der Waals surface area contributed by atoms with Crippen molar-refractivity contribution in [2.24, 2.45) is 29.6 Å². The fourth-order valence-corrected chi connectivity index (χ4v) is 5.07. The third-order valence-corrected chi connectivity index (χ3v) is 6.93. The van der Waals surface area contributed by atoms with Crippen LogP contribution in [0, 0.1) is 29.6 Å². The summed E-state index contributed by atoms with van der Waals surface area (Å²) >= 11 is 0. The van der Waals surface area contributed by atoms with Crippen molar-refractivity contribution in [1.82, 2.24) is 0 Å². The molecule has 0 aromatic rings. The number of aliphatic hydroxyl groups is 1. The van der Waals surface area contributed by atoms with Crippen molar-refractivity contribution in [2.75, 3.05) is 0 Å². The predicted molar refractivity (Wildman–Crippen MR) is 126 cm³/mol. The molecule has 3 rings (SSSR count). The Kier molecular flexibility index (Phi) is 9.40. The Morgan fingerprint density at radius 2 is 2.03 bits per heavy atom. The number of aliphatic hydroxyl groups excluding tert-OH is 1. The Hall–Kier alpha value is -0.890. The minimum absolute atomic E-state index is 0. The van der Waals surface area contributed by atoms with Gasteiger partial charge in [-0.15, -0.1) is 24.0 Å². The lowest BCUT2D eigenvalue weighted by Crippen LogP contribution is -2.42. The van der Waals surface area contributed by atoms with Gasteiger partial charge in [0.2, 0.25) is 0 Å². The summed E-state index contributed by atoms with van der Waals surface area (Å²) in [5, 5.41) is 9.89. The highest BCUT2D eigenvalue weighted by molar-refractivity contribution is 14.0. The number of hydrogen-bond acceptors (Lipinski definition) is 5. The summed E-state index contributed by atoms with van der Waals surface area (Å²) in [6.45, 7) is 8.33. The Labute approximate surface area is 197 Å². The minimum atomic E-state index is -0.597. The topological polar surface area (TPSA) is 72.8 Å². The molecule has 1 aliphatic heterocycles. The van der Waals surface area contributed by atoms with Gasteiger partial charge >= 0.3 is 11.9 Å². The molecule has 6 heteroatoms. The summed E-state index contributed by atoms with van der Waals surface area (Å²) < 4.78 is 11.5. The average molecular weight is 532 g/mol. The molecular formula is C24H37IO5. The van der Waals surface area contributed by atoms with Crippen LogP contribution in [0.5, 0.6) is 0 Å². The lowest BCUT2D eigenvalue weighted by Gasteiger charge is -2.43. The maximum atomic E-state index is 12.5. The van der Waals surface area contributed by atoms with Crippen molar-refractivity contribution in [3.05, 3.63) is 23.8 Å². The average Bonchev–Trinajstić information content (AvgIpc) is 2.65. The molecule has 1 fully saturated rings. The van der Waals surface area contributed by atoms with Crippen LogP contribution in [0.25, 0.3) is 0 Å².